The molecule has 1 aliphatic rings. The van der Waals surface area contributed by atoms with Gasteiger partial charge in [0.05, 0.1) is 0 Å². The van der Waals surface area contributed by atoms with Crippen molar-refractivity contribution in [2.24, 2.45) is 0 Å². The first-order chi connectivity index (χ1) is 15.1. The molecule has 0 bridgehead atoms. The van der Waals surface area contributed by atoms with E-state index in [-0.39, 0.29) is 4.90 Å². The molecule has 0 N–H and O–H groups in total. The largest absolute Gasteiger partial charge is 0.0866 e. The molecule has 0 aliphatic heterocycles. The number of benzene rings is 4. The van der Waals surface area contributed by atoms with E-state index in [1.165, 1.54) is 21.2 Å². The molecule has 4 aromatic rings. The zero-order chi connectivity index (χ0) is 21.4. The van der Waals surface area contributed by atoms with Gasteiger partial charge in [-0.2, -0.15) is 0 Å². The van der Waals surface area contributed by atoms with E-state index in [4.69, 9.17) is 23.6 Å². The molecule has 4 heteroatoms. The van der Waals surface area contributed by atoms with Crippen molar-refractivity contribution in [3.63, 3.8) is 0 Å². The molecule has 154 valence electrons. The van der Waals surface area contributed by atoms with E-state index < -0.39 is 12.1 Å². The highest BCUT2D eigenvalue weighted by Gasteiger charge is 2.63. The molecule has 1 saturated carbocycles. The Bertz CT molecular complexity index is 1080. The third-order valence-corrected chi connectivity index (χ3v) is 20.9. The van der Waals surface area contributed by atoms with E-state index in [9.17, 15) is 0 Å². The van der Waals surface area contributed by atoms with Crippen molar-refractivity contribution in [3.05, 3.63) is 121 Å². The molecule has 4 aromatic carbocycles. The van der Waals surface area contributed by atoms with Crippen LogP contribution in [-0.4, -0.2) is 4.90 Å². The molecule has 0 aromatic heterocycles. The Labute approximate surface area is 195 Å². The van der Waals surface area contributed by atoms with Gasteiger partial charge >= 0.3 is 0 Å². The predicted octanol–water partition coefficient (Wildman–Crippen LogP) is 5.74. The van der Waals surface area contributed by atoms with Crippen LogP contribution in [0.25, 0.3) is 0 Å². The number of rotatable bonds is 6. The van der Waals surface area contributed by atoms with E-state index in [1.807, 2.05) is 0 Å². The highest BCUT2D eigenvalue weighted by molar-refractivity contribution is 8.33. The van der Waals surface area contributed by atoms with Gasteiger partial charge in [-0.3, -0.25) is 0 Å². The highest BCUT2D eigenvalue weighted by Crippen LogP contribution is 2.84. The highest BCUT2D eigenvalue weighted by atomic mass is 32.5. The van der Waals surface area contributed by atoms with Crippen LogP contribution in [0.1, 0.15) is 12.8 Å². The van der Waals surface area contributed by atoms with Crippen LogP contribution in [0.3, 0.4) is 0 Å². The maximum Gasteiger partial charge on any atom is 0.0438 e. The van der Waals surface area contributed by atoms with Crippen molar-refractivity contribution in [1.29, 1.82) is 0 Å². The molecule has 0 saturated heterocycles. The third kappa shape index (κ3) is 3.24. The molecule has 0 atom stereocenters. The van der Waals surface area contributed by atoms with Gasteiger partial charge in [0.1, 0.15) is 0 Å². The first-order valence-electron chi connectivity index (χ1n) is 10.6. The lowest BCUT2D eigenvalue weighted by Gasteiger charge is -2.41. The Kier molecular flexibility index (Phi) is 5.61. The van der Waals surface area contributed by atoms with Crippen molar-refractivity contribution in [2.75, 3.05) is 0 Å². The van der Waals surface area contributed by atoms with Gasteiger partial charge in [-0.15, -0.1) is 0 Å². The van der Waals surface area contributed by atoms with Crippen molar-refractivity contribution >= 4 is 56.9 Å². The number of hydrogen-bond acceptors (Lipinski definition) is 2. The Morgan fingerprint density at radius 3 is 0.839 bits per heavy atom. The summed E-state index contributed by atoms with van der Waals surface area (Å²) in [5.74, 6) is 0. The summed E-state index contributed by atoms with van der Waals surface area (Å²) in [7, 11) is 0. The average Bonchev–Trinajstić information content (AvgIpc) is 3.68. The predicted molar refractivity (Wildman–Crippen MR) is 145 cm³/mol. The average molecular weight is 475 g/mol. The second-order valence-corrected chi connectivity index (χ2v) is 17.9. The molecule has 0 radical (unpaired) electrons. The van der Waals surface area contributed by atoms with Crippen molar-refractivity contribution < 1.29 is 0 Å². The minimum atomic E-state index is -2.19. The minimum Gasteiger partial charge on any atom is -0.0866 e. The summed E-state index contributed by atoms with van der Waals surface area (Å²) < 4.78 is 0. The standard InChI is InChI=1S/C27H24P2S2/c30-28(23-13-5-1-6-14-23,24-15-7-2-8-16-24)27(21-22-27)29(31,25-17-9-3-10-18-25)26-19-11-4-12-20-26/h1-20H,21-22H2. The van der Waals surface area contributed by atoms with Gasteiger partial charge in [0.15, 0.2) is 0 Å². The summed E-state index contributed by atoms with van der Waals surface area (Å²) in [6.07, 6.45) is 2.18. The van der Waals surface area contributed by atoms with Gasteiger partial charge in [0.25, 0.3) is 0 Å². The van der Waals surface area contributed by atoms with Crippen LogP contribution in [0, 0.1) is 0 Å². The monoisotopic (exact) mass is 474 g/mol. The summed E-state index contributed by atoms with van der Waals surface area (Å²) in [6, 6.07) is 38.9. The molecule has 1 aliphatic carbocycles. The Balaban J connectivity index is 1.84. The summed E-state index contributed by atoms with van der Waals surface area (Å²) in [5.41, 5.74) is 0. The van der Waals surface area contributed by atoms with E-state index >= 15 is 0 Å². The quantitative estimate of drug-likeness (QED) is 0.327. The summed E-state index contributed by atoms with van der Waals surface area (Å²) in [5, 5.41) is 5.15. The first-order valence-corrected chi connectivity index (χ1v) is 16.2. The van der Waals surface area contributed by atoms with Gasteiger partial charge < -0.3 is 0 Å². The summed E-state index contributed by atoms with van der Waals surface area (Å²) in [6.45, 7) is 0. The fourth-order valence-electron chi connectivity index (χ4n) is 4.75. The Morgan fingerprint density at radius 1 is 0.419 bits per heavy atom. The molecule has 0 heterocycles. The van der Waals surface area contributed by atoms with Crippen LogP contribution >= 0.6 is 12.1 Å². The summed E-state index contributed by atoms with van der Waals surface area (Å²) >= 11 is 13.7. The molecule has 5 rings (SSSR count). The topological polar surface area (TPSA) is 0 Å². The molecule has 0 nitrogen and oxygen atoms in total. The van der Waals surface area contributed by atoms with Crippen LogP contribution in [-0.2, 0) is 23.6 Å². The Morgan fingerprint density at radius 2 is 0.645 bits per heavy atom. The van der Waals surface area contributed by atoms with E-state index in [1.54, 1.807) is 0 Å². The van der Waals surface area contributed by atoms with E-state index in [2.05, 4.69) is 121 Å². The molecule has 0 spiro atoms. The second-order valence-electron chi connectivity index (χ2n) is 8.04. The minimum absolute atomic E-state index is 0.0733. The van der Waals surface area contributed by atoms with E-state index in [0.717, 1.165) is 12.8 Å². The van der Waals surface area contributed by atoms with Crippen LogP contribution in [0.4, 0.5) is 0 Å². The zero-order valence-corrected chi connectivity index (χ0v) is 20.6. The zero-order valence-electron chi connectivity index (χ0n) is 17.2. The smallest absolute Gasteiger partial charge is 0.0438 e. The van der Waals surface area contributed by atoms with E-state index in [0.29, 0.717) is 0 Å². The summed E-state index contributed by atoms with van der Waals surface area (Å²) in [4.78, 5) is -0.0733. The van der Waals surface area contributed by atoms with Crippen molar-refractivity contribution in [2.45, 2.75) is 17.7 Å². The number of hydrogen-bond donors (Lipinski definition) is 0. The molecular formula is C27H24P2S2. The van der Waals surface area contributed by atoms with Crippen LogP contribution < -0.4 is 21.2 Å². The molecular weight excluding hydrogens is 450 g/mol. The van der Waals surface area contributed by atoms with Crippen molar-refractivity contribution in [3.8, 4) is 0 Å². The molecule has 1 fully saturated rings. The lowest BCUT2D eigenvalue weighted by atomic mass is 10.4. The maximum absolute atomic E-state index is 6.85. The maximum atomic E-state index is 6.85. The first kappa shape index (κ1) is 21.0. The van der Waals surface area contributed by atoms with Crippen molar-refractivity contribution in [1.82, 2.24) is 0 Å². The molecule has 0 unspecified atom stereocenters. The normalized spacial score (nSPS) is 15.4. The fourth-order valence-corrected chi connectivity index (χ4v) is 19.3. The molecule has 31 heavy (non-hydrogen) atoms. The van der Waals surface area contributed by atoms with Crippen LogP contribution in [0.2, 0.25) is 0 Å². The Hall–Kier alpha value is -1.82. The van der Waals surface area contributed by atoms with Crippen LogP contribution in [0.5, 0.6) is 0 Å². The van der Waals surface area contributed by atoms with Gasteiger partial charge in [-0.05, 0) is 34.1 Å². The lowest BCUT2D eigenvalue weighted by Crippen LogP contribution is -2.34. The SMILES string of the molecule is S=P(c1ccccc1)(c1ccccc1)C1(P(=S)(c2ccccc2)c2ccccc2)CC1. The van der Waals surface area contributed by atoms with Gasteiger partial charge in [-0.1, -0.05) is 145 Å². The fraction of sp³-hybridized carbons (Fsp3) is 0.111. The lowest BCUT2D eigenvalue weighted by molar-refractivity contribution is 1.35. The van der Waals surface area contributed by atoms with Gasteiger partial charge in [0, 0.05) is 17.0 Å². The van der Waals surface area contributed by atoms with Crippen LogP contribution in [0.15, 0.2) is 121 Å². The van der Waals surface area contributed by atoms with Gasteiger partial charge in [0.2, 0.25) is 0 Å². The third-order valence-electron chi connectivity index (χ3n) is 6.35. The van der Waals surface area contributed by atoms with Gasteiger partial charge in [-0.25, -0.2) is 0 Å². The second kappa shape index (κ2) is 8.27. The molecule has 0 amide bonds.